The van der Waals surface area contributed by atoms with E-state index in [1.165, 1.54) is 35.2 Å². The molecule has 0 unspecified atom stereocenters. The Morgan fingerprint density at radius 3 is 2.29 bits per heavy atom. The highest BCUT2D eigenvalue weighted by molar-refractivity contribution is 7.89. The monoisotopic (exact) mass is 254 g/mol. The number of hydrogen-bond acceptors (Lipinski definition) is 3. The number of benzene rings is 1. The van der Waals surface area contributed by atoms with E-state index < -0.39 is 10.0 Å². The molecule has 0 saturated carbocycles. The van der Waals surface area contributed by atoms with Crippen molar-refractivity contribution in [1.29, 1.82) is 0 Å². The van der Waals surface area contributed by atoms with Gasteiger partial charge in [-0.1, -0.05) is 6.58 Å². The zero-order valence-electron chi connectivity index (χ0n) is 9.46. The van der Waals surface area contributed by atoms with Crippen LogP contribution < -0.4 is 10.0 Å². The number of primary sulfonamides is 1. The molecule has 0 radical (unpaired) electrons. The maximum atomic E-state index is 11.5. The summed E-state index contributed by atoms with van der Waals surface area (Å²) >= 11 is 0. The number of amides is 1. The van der Waals surface area contributed by atoms with Gasteiger partial charge in [-0.3, -0.25) is 4.79 Å². The lowest BCUT2D eigenvalue weighted by atomic mass is 10.3. The Hall–Kier alpha value is -1.66. The fourth-order valence-corrected chi connectivity index (χ4v) is 1.91. The van der Waals surface area contributed by atoms with Crippen molar-refractivity contribution in [3.63, 3.8) is 0 Å². The maximum absolute atomic E-state index is 11.5. The molecular formula is C11H14N2O3S. The second-order valence-electron chi connectivity index (χ2n) is 3.33. The first-order valence-corrected chi connectivity index (χ1v) is 6.51. The summed E-state index contributed by atoms with van der Waals surface area (Å²) in [4.78, 5) is 13.0. The SMILES string of the molecule is C=CC(=O)N(CC)c1ccc(S(N)(=O)=O)cc1. The molecule has 0 aromatic heterocycles. The van der Waals surface area contributed by atoms with Gasteiger partial charge in [0.2, 0.25) is 15.9 Å². The molecule has 0 saturated heterocycles. The predicted octanol–water partition coefficient (Wildman–Crippen LogP) is 0.873. The lowest BCUT2D eigenvalue weighted by molar-refractivity contribution is -0.114. The highest BCUT2D eigenvalue weighted by atomic mass is 32.2. The Kier molecular flexibility index (Phi) is 4.03. The van der Waals surface area contributed by atoms with E-state index in [0.717, 1.165) is 0 Å². The van der Waals surface area contributed by atoms with Crippen molar-refractivity contribution >= 4 is 21.6 Å². The minimum atomic E-state index is -3.70. The molecule has 1 aromatic rings. The van der Waals surface area contributed by atoms with Gasteiger partial charge >= 0.3 is 0 Å². The lowest BCUT2D eigenvalue weighted by Gasteiger charge is -2.19. The summed E-state index contributed by atoms with van der Waals surface area (Å²) in [6.07, 6.45) is 1.21. The molecule has 0 heterocycles. The van der Waals surface area contributed by atoms with E-state index >= 15 is 0 Å². The van der Waals surface area contributed by atoms with E-state index in [1.54, 1.807) is 0 Å². The van der Waals surface area contributed by atoms with Gasteiger partial charge in [0, 0.05) is 12.2 Å². The van der Waals surface area contributed by atoms with Gasteiger partial charge in [-0.2, -0.15) is 0 Å². The molecule has 0 atom stereocenters. The number of anilines is 1. The largest absolute Gasteiger partial charge is 0.309 e. The molecular weight excluding hydrogens is 240 g/mol. The minimum absolute atomic E-state index is 0.0170. The van der Waals surface area contributed by atoms with E-state index in [1.807, 2.05) is 6.92 Å². The molecule has 0 spiro atoms. The van der Waals surface area contributed by atoms with E-state index in [2.05, 4.69) is 6.58 Å². The van der Waals surface area contributed by atoms with Crippen LogP contribution in [0.4, 0.5) is 5.69 Å². The summed E-state index contributed by atoms with van der Waals surface area (Å²) in [5, 5.41) is 4.98. The zero-order chi connectivity index (χ0) is 13.1. The molecule has 1 aromatic carbocycles. The average Bonchev–Trinajstić information content (AvgIpc) is 2.29. The fraction of sp³-hybridized carbons (Fsp3) is 0.182. The van der Waals surface area contributed by atoms with Gasteiger partial charge in [0.25, 0.3) is 0 Å². The number of sulfonamides is 1. The van der Waals surface area contributed by atoms with Crippen molar-refractivity contribution in [2.24, 2.45) is 5.14 Å². The lowest BCUT2D eigenvalue weighted by Crippen LogP contribution is -2.28. The molecule has 0 aliphatic heterocycles. The van der Waals surface area contributed by atoms with Crippen molar-refractivity contribution < 1.29 is 13.2 Å². The van der Waals surface area contributed by atoms with Crippen LogP contribution in [0.3, 0.4) is 0 Å². The van der Waals surface area contributed by atoms with Gasteiger partial charge in [0.05, 0.1) is 4.90 Å². The normalized spacial score (nSPS) is 10.9. The summed E-state index contributed by atoms with van der Waals surface area (Å²) in [5.74, 6) is -0.240. The Morgan fingerprint density at radius 2 is 1.94 bits per heavy atom. The molecule has 1 amide bonds. The van der Waals surface area contributed by atoms with Gasteiger partial charge in [-0.25, -0.2) is 13.6 Å². The van der Waals surface area contributed by atoms with E-state index in [4.69, 9.17) is 5.14 Å². The van der Waals surface area contributed by atoms with Gasteiger partial charge in [0.1, 0.15) is 0 Å². The van der Waals surface area contributed by atoms with Crippen molar-refractivity contribution in [2.75, 3.05) is 11.4 Å². The Labute approximate surface area is 101 Å². The molecule has 17 heavy (non-hydrogen) atoms. The van der Waals surface area contributed by atoms with Crippen LogP contribution in [0, 0.1) is 0 Å². The first kappa shape index (κ1) is 13.4. The first-order chi connectivity index (χ1) is 7.90. The van der Waals surface area contributed by atoms with Gasteiger partial charge in [-0.15, -0.1) is 0 Å². The van der Waals surface area contributed by atoms with Gasteiger partial charge in [0.15, 0.2) is 0 Å². The number of carbonyl (C=O) groups is 1. The van der Waals surface area contributed by atoms with Crippen LogP contribution in [0.1, 0.15) is 6.92 Å². The summed E-state index contributed by atoms with van der Waals surface area (Å²) in [6.45, 7) is 5.69. The van der Waals surface area contributed by atoms with Gasteiger partial charge in [-0.05, 0) is 37.3 Å². The van der Waals surface area contributed by atoms with Crippen LogP contribution >= 0.6 is 0 Å². The number of likely N-dealkylation sites (N-methyl/N-ethyl adjacent to an activating group) is 1. The van der Waals surface area contributed by atoms with Crippen LogP contribution in [0.25, 0.3) is 0 Å². The Balaban J connectivity index is 3.09. The number of carbonyl (C=O) groups excluding carboxylic acids is 1. The third kappa shape index (κ3) is 3.15. The van der Waals surface area contributed by atoms with Crippen molar-refractivity contribution in [3.05, 3.63) is 36.9 Å². The predicted molar refractivity (Wildman–Crippen MR) is 66.0 cm³/mol. The molecule has 0 aliphatic rings. The summed E-state index contributed by atoms with van der Waals surface area (Å²) < 4.78 is 22.1. The second-order valence-corrected chi connectivity index (χ2v) is 4.89. The quantitative estimate of drug-likeness (QED) is 0.810. The summed E-state index contributed by atoms with van der Waals surface area (Å²) in [5.41, 5.74) is 0.602. The summed E-state index contributed by atoms with van der Waals surface area (Å²) in [6, 6.07) is 5.79. The Morgan fingerprint density at radius 1 is 1.41 bits per heavy atom. The first-order valence-electron chi connectivity index (χ1n) is 4.97. The smallest absolute Gasteiger partial charge is 0.250 e. The molecule has 0 fully saturated rings. The number of nitrogens with zero attached hydrogens (tertiary/aromatic N) is 1. The van der Waals surface area contributed by atoms with Crippen molar-refractivity contribution in [3.8, 4) is 0 Å². The van der Waals surface area contributed by atoms with Crippen molar-refractivity contribution in [2.45, 2.75) is 11.8 Å². The summed E-state index contributed by atoms with van der Waals surface area (Å²) in [7, 11) is -3.70. The van der Waals surface area contributed by atoms with Crippen molar-refractivity contribution in [1.82, 2.24) is 0 Å². The molecule has 5 nitrogen and oxygen atoms in total. The third-order valence-electron chi connectivity index (χ3n) is 2.23. The van der Waals surface area contributed by atoms with Gasteiger partial charge < -0.3 is 4.90 Å². The molecule has 2 N–H and O–H groups in total. The number of rotatable bonds is 4. The van der Waals surface area contributed by atoms with Crippen LogP contribution in [-0.2, 0) is 14.8 Å². The average molecular weight is 254 g/mol. The fourth-order valence-electron chi connectivity index (χ4n) is 1.39. The highest BCUT2D eigenvalue weighted by Crippen LogP contribution is 2.17. The molecule has 0 aliphatic carbocycles. The number of nitrogens with two attached hydrogens (primary N) is 1. The standard InChI is InChI=1S/C11H14N2O3S/c1-3-11(14)13(4-2)9-5-7-10(8-6-9)17(12,15)16/h3,5-8H,1,4H2,2H3,(H2,12,15,16). The molecule has 6 heteroatoms. The van der Waals surface area contributed by atoms with Crippen LogP contribution in [0.2, 0.25) is 0 Å². The third-order valence-corrected chi connectivity index (χ3v) is 3.16. The highest BCUT2D eigenvalue weighted by Gasteiger charge is 2.12. The molecule has 92 valence electrons. The van der Waals surface area contributed by atoms with Crippen LogP contribution in [0.15, 0.2) is 41.8 Å². The van der Waals surface area contributed by atoms with E-state index in [0.29, 0.717) is 12.2 Å². The zero-order valence-corrected chi connectivity index (χ0v) is 10.3. The minimum Gasteiger partial charge on any atom is -0.309 e. The Bertz CT molecular complexity index is 520. The molecule has 1 rings (SSSR count). The van der Waals surface area contributed by atoms with E-state index in [-0.39, 0.29) is 10.8 Å². The second kappa shape index (κ2) is 5.11. The van der Waals surface area contributed by atoms with E-state index in [9.17, 15) is 13.2 Å². The topological polar surface area (TPSA) is 80.5 Å². The number of hydrogen-bond donors (Lipinski definition) is 1. The van der Waals surface area contributed by atoms with Crippen LogP contribution in [-0.4, -0.2) is 20.9 Å². The van der Waals surface area contributed by atoms with Crippen LogP contribution in [0.5, 0.6) is 0 Å². The maximum Gasteiger partial charge on any atom is 0.250 e. The molecule has 0 bridgehead atoms.